The van der Waals surface area contributed by atoms with Crippen molar-refractivity contribution in [1.29, 1.82) is 0 Å². The van der Waals surface area contributed by atoms with Gasteiger partial charge < -0.3 is 10.6 Å². The van der Waals surface area contributed by atoms with Crippen LogP contribution in [-0.2, 0) is 9.59 Å². The van der Waals surface area contributed by atoms with Crippen molar-refractivity contribution in [2.24, 2.45) is 5.92 Å². The highest BCUT2D eigenvalue weighted by Gasteiger charge is 2.13. The molecule has 6 heteroatoms. The summed E-state index contributed by atoms with van der Waals surface area (Å²) >= 11 is 7.69. The van der Waals surface area contributed by atoms with Crippen molar-refractivity contribution in [2.45, 2.75) is 25.2 Å². The SMILES string of the molecule is Cc1c(Cl)cccc1NC(=O)CCNC(=O)C(C)CSc1ccccc1. The average Bonchev–Trinajstić information content (AvgIpc) is 2.64. The lowest BCUT2D eigenvalue weighted by Crippen LogP contribution is -2.32. The van der Waals surface area contributed by atoms with Gasteiger partial charge in [0.15, 0.2) is 0 Å². The minimum absolute atomic E-state index is 0.0415. The normalized spacial score (nSPS) is 11.7. The second kappa shape index (κ2) is 10.2. The number of hydrogen-bond donors (Lipinski definition) is 2. The first-order valence-electron chi connectivity index (χ1n) is 8.48. The van der Waals surface area contributed by atoms with Crippen LogP contribution in [0, 0.1) is 12.8 Å². The third-order valence-corrected chi connectivity index (χ3v) is 5.57. The van der Waals surface area contributed by atoms with Crippen molar-refractivity contribution in [1.82, 2.24) is 5.32 Å². The fraction of sp³-hybridized carbons (Fsp3) is 0.300. The first-order valence-corrected chi connectivity index (χ1v) is 9.84. The van der Waals surface area contributed by atoms with Crippen LogP contribution < -0.4 is 10.6 Å². The fourth-order valence-electron chi connectivity index (χ4n) is 2.24. The van der Waals surface area contributed by atoms with Gasteiger partial charge in [-0.25, -0.2) is 0 Å². The van der Waals surface area contributed by atoms with Crippen LogP contribution in [0.2, 0.25) is 5.02 Å². The number of halogens is 1. The van der Waals surface area contributed by atoms with Gasteiger partial charge in [0.05, 0.1) is 0 Å². The van der Waals surface area contributed by atoms with E-state index < -0.39 is 0 Å². The molecule has 1 atom stereocenters. The van der Waals surface area contributed by atoms with Crippen molar-refractivity contribution in [3.63, 3.8) is 0 Å². The molecule has 0 saturated carbocycles. The number of thioether (sulfide) groups is 1. The predicted molar refractivity (Wildman–Crippen MR) is 109 cm³/mol. The Labute approximate surface area is 163 Å². The Morgan fingerprint density at radius 1 is 1.12 bits per heavy atom. The van der Waals surface area contributed by atoms with E-state index in [1.54, 1.807) is 30.0 Å². The summed E-state index contributed by atoms with van der Waals surface area (Å²) in [5, 5.41) is 6.26. The maximum Gasteiger partial charge on any atom is 0.226 e. The maximum absolute atomic E-state index is 12.1. The zero-order chi connectivity index (χ0) is 18.9. The van der Waals surface area contributed by atoms with Gasteiger partial charge in [-0.05, 0) is 36.8 Å². The van der Waals surface area contributed by atoms with E-state index in [9.17, 15) is 9.59 Å². The molecular formula is C20H23ClN2O2S. The quantitative estimate of drug-likeness (QED) is 0.651. The Balaban J connectivity index is 1.70. The smallest absolute Gasteiger partial charge is 0.226 e. The molecule has 0 bridgehead atoms. The molecule has 4 nitrogen and oxygen atoms in total. The topological polar surface area (TPSA) is 58.2 Å². The Kier molecular flexibility index (Phi) is 8.01. The Morgan fingerprint density at radius 2 is 1.85 bits per heavy atom. The van der Waals surface area contributed by atoms with E-state index in [0.717, 1.165) is 10.5 Å². The van der Waals surface area contributed by atoms with Gasteiger partial charge in [-0.2, -0.15) is 0 Å². The monoisotopic (exact) mass is 390 g/mol. The van der Waals surface area contributed by atoms with Crippen LogP contribution in [0.3, 0.4) is 0 Å². The first-order chi connectivity index (χ1) is 12.5. The number of benzene rings is 2. The zero-order valence-corrected chi connectivity index (χ0v) is 16.5. The molecule has 0 aliphatic heterocycles. The predicted octanol–water partition coefficient (Wildman–Crippen LogP) is 4.52. The Hall–Kier alpha value is -1.98. The lowest BCUT2D eigenvalue weighted by Gasteiger charge is -2.13. The van der Waals surface area contributed by atoms with E-state index in [0.29, 0.717) is 23.0 Å². The van der Waals surface area contributed by atoms with Crippen LogP contribution in [0.1, 0.15) is 18.9 Å². The number of amides is 2. The highest BCUT2D eigenvalue weighted by Crippen LogP contribution is 2.23. The van der Waals surface area contributed by atoms with Crippen LogP contribution in [-0.4, -0.2) is 24.1 Å². The minimum atomic E-state index is -0.151. The van der Waals surface area contributed by atoms with E-state index >= 15 is 0 Å². The van der Waals surface area contributed by atoms with Crippen molar-refractivity contribution >= 4 is 40.9 Å². The van der Waals surface area contributed by atoms with Gasteiger partial charge in [0.1, 0.15) is 0 Å². The zero-order valence-electron chi connectivity index (χ0n) is 14.9. The van der Waals surface area contributed by atoms with Gasteiger partial charge in [-0.3, -0.25) is 9.59 Å². The molecule has 2 aromatic carbocycles. The van der Waals surface area contributed by atoms with Crippen molar-refractivity contribution in [3.05, 3.63) is 59.1 Å². The van der Waals surface area contributed by atoms with E-state index in [-0.39, 0.29) is 24.2 Å². The second-order valence-corrected chi connectivity index (χ2v) is 7.53. The number of carbonyl (C=O) groups is 2. The molecule has 1 unspecified atom stereocenters. The molecule has 0 heterocycles. The van der Waals surface area contributed by atoms with Gasteiger partial charge in [-0.15, -0.1) is 11.8 Å². The molecule has 138 valence electrons. The van der Waals surface area contributed by atoms with Crippen LogP contribution >= 0.6 is 23.4 Å². The number of anilines is 1. The molecule has 0 aliphatic carbocycles. The van der Waals surface area contributed by atoms with Crippen LogP contribution in [0.15, 0.2) is 53.4 Å². The number of nitrogens with one attached hydrogen (secondary N) is 2. The molecule has 26 heavy (non-hydrogen) atoms. The molecule has 2 amide bonds. The summed E-state index contributed by atoms with van der Waals surface area (Å²) in [6.45, 7) is 4.05. The molecule has 2 aromatic rings. The van der Waals surface area contributed by atoms with Crippen LogP contribution in [0.5, 0.6) is 0 Å². The molecule has 2 N–H and O–H groups in total. The van der Waals surface area contributed by atoms with Gasteiger partial charge in [0.25, 0.3) is 0 Å². The molecule has 0 aromatic heterocycles. The molecule has 2 rings (SSSR count). The summed E-state index contributed by atoms with van der Waals surface area (Å²) in [5.74, 6) is 0.379. The maximum atomic E-state index is 12.1. The molecule has 0 spiro atoms. The highest BCUT2D eigenvalue weighted by molar-refractivity contribution is 7.99. The van der Waals surface area contributed by atoms with Gasteiger partial charge in [0, 0.05) is 40.2 Å². The fourth-order valence-corrected chi connectivity index (χ4v) is 3.36. The van der Waals surface area contributed by atoms with E-state index in [1.165, 1.54) is 0 Å². The Morgan fingerprint density at radius 3 is 2.58 bits per heavy atom. The molecule has 0 fully saturated rings. The van der Waals surface area contributed by atoms with Crippen LogP contribution in [0.25, 0.3) is 0 Å². The molecule has 0 aliphatic rings. The summed E-state index contributed by atoms with van der Waals surface area (Å²) in [7, 11) is 0. The summed E-state index contributed by atoms with van der Waals surface area (Å²) in [4.78, 5) is 25.3. The molecule has 0 radical (unpaired) electrons. The van der Waals surface area contributed by atoms with Crippen LogP contribution in [0.4, 0.5) is 5.69 Å². The second-order valence-electron chi connectivity index (χ2n) is 6.03. The molecule has 0 saturated heterocycles. The van der Waals surface area contributed by atoms with Gasteiger partial charge in [0.2, 0.25) is 11.8 Å². The minimum Gasteiger partial charge on any atom is -0.355 e. The third-order valence-electron chi connectivity index (χ3n) is 3.88. The van der Waals surface area contributed by atoms with Crippen molar-refractivity contribution < 1.29 is 9.59 Å². The lowest BCUT2D eigenvalue weighted by atomic mass is 10.2. The average molecular weight is 391 g/mol. The standard InChI is InChI=1S/C20H23ClN2O2S/c1-14(13-26-16-7-4-3-5-8-16)20(25)22-12-11-19(24)23-18-10-6-9-17(21)15(18)2/h3-10,14H,11-13H2,1-2H3,(H,22,25)(H,23,24). The largest absolute Gasteiger partial charge is 0.355 e. The summed E-state index contributed by atoms with van der Waals surface area (Å²) in [6.07, 6.45) is 0.218. The molecular weight excluding hydrogens is 368 g/mol. The van der Waals surface area contributed by atoms with E-state index in [4.69, 9.17) is 11.6 Å². The lowest BCUT2D eigenvalue weighted by molar-refractivity contribution is -0.123. The third kappa shape index (κ3) is 6.39. The summed E-state index contributed by atoms with van der Waals surface area (Å²) in [5.41, 5.74) is 1.53. The number of rotatable bonds is 8. The van der Waals surface area contributed by atoms with E-state index in [2.05, 4.69) is 10.6 Å². The Bertz CT molecular complexity index is 753. The number of carbonyl (C=O) groups excluding carboxylic acids is 2. The van der Waals surface area contributed by atoms with Gasteiger partial charge >= 0.3 is 0 Å². The summed E-state index contributed by atoms with van der Waals surface area (Å²) < 4.78 is 0. The van der Waals surface area contributed by atoms with E-state index in [1.807, 2.05) is 44.2 Å². The first kappa shape index (κ1) is 20.3. The highest BCUT2D eigenvalue weighted by atomic mass is 35.5. The summed E-state index contributed by atoms with van der Waals surface area (Å²) in [6, 6.07) is 15.4. The van der Waals surface area contributed by atoms with Crippen molar-refractivity contribution in [2.75, 3.05) is 17.6 Å². The van der Waals surface area contributed by atoms with Crippen molar-refractivity contribution in [3.8, 4) is 0 Å². The number of hydrogen-bond acceptors (Lipinski definition) is 3. The van der Waals surface area contributed by atoms with Gasteiger partial charge in [-0.1, -0.05) is 42.8 Å².